The van der Waals surface area contributed by atoms with Crippen LogP contribution in [0.3, 0.4) is 0 Å². The van der Waals surface area contributed by atoms with Gasteiger partial charge in [-0.05, 0) is 23.6 Å². The molecule has 2 rings (SSSR count). The summed E-state index contributed by atoms with van der Waals surface area (Å²) >= 11 is 6.24. The quantitative estimate of drug-likeness (QED) is 0.854. The third-order valence-electron chi connectivity index (χ3n) is 3.66. The molecule has 3 nitrogen and oxygen atoms in total. The summed E-state index contributed by atoms with van der Waals surface area (Å²) in [5.74, 6) is 0.731. The predicted octanol–water partition coefficient (Wildman–Crippen LogP) is 2.99. The summed E-state index contributed by atoms with van der Waals surface area (Å²) in [6.45, 7) is 11.0. The van der Waals surface area contributed by atoms with Crippen molar-refractivity contribution in [2.45, 2.75) is 20.4 Å². The Bertz CT molecular complexity index is 485. The van der Waals surface area contributed by atoms with Crippen LogP contribution >= 0.6 is 11.6 Å². The van der Waals surface area contributed by atoms with Crippen molar-refractivity contribution >= 4 is 11.6 Å². The fourth-order valence-corrected chi connectivity index (χ4v) is 2.87. The van der Waals surface area contributed by atoms with Gasteiger partial charge in [0.15, 0.2) is 0 Å². The molecule has 1 aromatic rings. The molecule has 0 amide bonds. The molecule has 108 valence electrons. The Morgan fingerprint density at radius 3 is 2.40 bits per heavy atom. The smallest absolute Gasteiger partial charge is 0.0992 e. The summed E-state index contributed by atoms with van der Waals surface area (Å²) in [6.07, 6.45) is 0. The van der Waals surface area contributed by atoms with E-state index in [1.54, 1.807) is 6.07 Å². The minimum Gasteiger partial charge on any atom is -0.301 e. The van der Waals surface area contributed by atoms with Gasteiger partial charge in [0.25, 0.3) is 0 Å². The summed E-state index contributed by atoms with van der Waals surface area (Å²) in [5, 5.41) is 9.55. The maximum Gasteiger partial charge on any atom is 0.0992 e. The Hall–Kier alpha value is -1.08. The van der Waals surface area contributed by atoms with Crippen molar-refractivity contribution < 1.29 is 0 Å². The zero-order valence-electron chi connectivity index (χ0n) is 12.3. The molecular weight excluding hydrogens is 270 g/mol. The van der Waals surface area contributed by atoms with E-state index in [1.807, 2.05) is 12.1 Å². The van der Waals surface area contributed by atoms with Crippen molar-refractivity contribution in [1.82, 2.24) is 9.80 Å². The van der Waals surface area contributed by atoms with Gasteiger partial charge < -0.3 is 4.90 Å². The Labute approximate surface area is 126 Å². The minimum absolute atomic E-state index is 0.625. The highest BCUT2D eigenvalue weighted by molar-refractivity contribution is 6.31. The van der Waals surface area contributed by atoms with E-state index in [0.29, 0.717) is 10.6 Å². The van der Waals surface area contributed by atoms with Crippen LogP contribution in [0.5, 0.6) is 0 Å². The molecule has 0 N–H and O–H groups in total. The van der Waals surface area contributed by atoms with Gasteiger partial charge in [0.05, 0.1) is 11.6 Å². The van der Waals surface area contributed by atoms with Crippen LogP contribution in [0.4, 0.5) is 0 Å². The highest BCUT2D eigenvalue weighted by atomic mass is 35.5. The number of piperazine rings is 1. The molecule has 1 fully saturated rings. The summed E-state index contributed by atoms with van der Waals surface area (Å²) in [4.78, 5) is 4.96. The molecule has 1 heterocycles. The van der Waals surface area contributed by atoms with Gasteiger partial charge in [0, 0.05) is 44.3 Å². The van der Waals surface area contributed by atoms with Crippen molar-refractivity contribution in [3.63, 3.8) is 0 Å². The van der Waals surface area contributed by atoms with Crippen molar-refractivity contribution in [2.24, 2.45) is 5.92 Å². The lowest BCUT2D eigenvalue weighted by molar-refractivity contribution is 0.117. The number of halogens is 1. The topological polar surface area (TPSA) is 30.3 Å². The molecule has 0 spiro atoms. The molecule has 0 aliphatic carbocycles. The van der Waals surface area contributed by atoms with Crippen molar-refractivity contribution in [3.8, 4) is 6.07 Å². The first-order chi connectivity index (χ1) is 9.58. The van der Waals surface area contributed by atoms with E-state index in [-0.39, 0.29) is 0 Å². The van der Waals surface area contributed by atoms with Crippen LogP contribution in [0, 0.1) is 17.2 Å². The molecule has 4 heteroatoms. The van der Waals surface area contributed by atoms with Crippen LogP contribution in [0.2, 0.25) is 5.02 Å². The Morgan fingerprint density at radius 2 is 1.85 bits per heavy atom. The van der Waals surface area contributed by atoms with Crippen LogP contribution < -0.4 is 0 Å². The number of nitrogens with zero attached hydrogens (tertiary/aromatic N) is 3. The van der Waals surface area contributed by atoms with E-state index >= 15 is 0 Å². The van der Waals surface area contributed by atoms with Crippen LogP contribution in [0.25, 0.3) is 0 Å². The van der Waals surface area contributed by atoms with E-state index in [4.69, 9.17) is 16.9 Å². The first kappa shape index (κ1) is 15.3. The molecule has 0 aromatic heterocycles. The zero-order valence-corrected chi connectivity index (χ0v) is 13.0. The lowest BCUT2D eigenvalue weighted by atomic mass is 10.1. The number of benzene rings is 1. The molecule has 1 aromatic carbocycles. The third kappa shape index (κ3) is 4.21. The second-order valence-electron chi connectivity index (χ2n) is 5.89. The van der Waals surface area contributed by atoms with E-state index in [1.165, 1.54) is 6.54 Å². The molecule has 1 aliphatic rings. The second-order valence-corrected chi connectivity index (χ2v) is 6.30. The summed E-state index contributed by atoms with van der Waals surface area (Å²) in [5.41, 5.74) is 1.74. The highest BCUT2D eigenvalue weighted by Gasteiger charge is 2.18. The largest absolute Gasteiger partial charge is 0.301 e. The van der Waals surface area contributed by atoms with E-state index in [9.17, 15) is 0 Å². The molecule has 0 radical (unpaired) electrons. The maximum absolute atomic E-state index is 8.85. The van der Waals surface area contributed by atoms with Crippen molar-refractivity contribution in [1.29, 1.82) is 5.26 Å². The molecule has 0 bridgehead atoms. The lowest BCUT2D eigenvalue weighted by Crippen LogP contribution is -2.46. The lowest BCUT2D eigenvalue weighted by Gasteiger charge is -2.35. The van der Waals surface area contributed by atoms with Crippen LogP contribution in [0.15, 0.2) is 18.2 Å². The van der Waals surface area contributed by atoms with Gasteiger partial charge in [-0.15, -0.1) is 0 Å². The van der Waals surface area contributed by atoms with E-state index in [0.717, 1.165) is 44.2 Å². The molecule has 1 saturated heterocycles. The normalized spacial score (nSPS) is 17.4. The van der Waals surface area contributed by atoms with Crippen molar-refractivity contribution in [3.05, 3.63) is 34.3 Å². The number of rotatable bonds is 4. The number of nitriles is 1. The maximum atomic E-state index is 8.85. The van der Waals surface area contributed by atoms with Gasteiger partial charge in [0.2, 0.25) is 0 Å². The average molecular weight is 292 g/mol. The molecule has 20 heavy (non-hydrogen) atoms. The fraction of sp³-hybridized carbons (Fsp3) is 0.562. The summed E-state index contributed by atoms with van der Waals surface area (Å²) in [6, 6.07) is 7.69. The minimum atomic E-state index is 0.625. The molecule has 1 aliphatic heterocycles. The van der Waals surface area contributed by atoms with Gasteiger partial charge in [-0.1, -0.05) is 31.5 Å². The first-order valence-electron chi connectivity index (χ1n) is 7.21. The Balaban J connectivity index is 1.88. The Kier molecular flexibility index (Phi) is 5.42. The third-order valence-corrected chi connectivity index (χ3v) is 4.02. The van der Waals surface area contributed by atoms with Gasteiger partial charge in [-0.3, -0.25) is 4.90 Å². The first-order valence-corrected chi connectivity index (χ1v) is 7.59. The van der Waals surface area contributed by atoms with Crippen LogP contribution in [-0.2, 0) is 6.54 Å². The number of hydrogen-bond donors (Lipinski definition) is 0. The molecule has 0 atom stereocenters. The van der Waals surface area contributed by atoms with Crippen LogP contribution in [0.1, 0.15) is 25.0 Å². The molecule has 0 saturated carbocycles. The van der Waals surface area contributed by atoms with E-state index in [2.05, 4.69) is 29.7 Å². The van der Waals surface area contributed by atoms with Crippen LogP contribution in [-0.4, -0.2) is 42.5 Å². The second kappa shape index (κ2) is 7.08. The van der Waals surface area contributed by atoms with Gasteiger partial charge in [0.1, 0.15) is 0 Å². The Morgan fingerprint density at radius 1 is 1.20 bits per heavy atom. The standard InChI is InChI=1S/C16H22ClN3/c1-13(2)11-19-5-7-20(8-6-19)12-15-4-3-14(10-18)9-16(15)17/h3-4,9,13H,5-8,11-12H2,1-2H3. The average Bonchev–Trinajstić information content (AvgIpc) is 2.42. The van der Waals surface area contributed by atoms with Gasteiger partial charge in [-0.2, -0.15) is 5.26 Å². The summed E-state index contributed by atoms with van der Waals surface area (Å²) in [7, 11) is 0. The monoisotopic (exact) mass is 291 g/mol. The molecule has 0 unspecified atom stereocenters. The zero-order chi connectivity index (χ0) is 14.5. The predicted molar refractivity (Wildman–Crippen MR) is 82.7 cm³/mol. The fourth-order valence-electron chi connectivity index (χ4n) is 2.63. The highest BCUT2D eigenvalue weighted by Crippen LogP contribution is 2.20. The van der Waals surface area contributed by atoms with E-state index < -0.39 is 0 Å². The number of hydrogen-bond acceptors (Lipinski definition) is 3. The van der Waals surface area contributed by atoms with Crippen molar-refractivity contribution in [2.75, 3.05) is 32.7 Å². The van der Waals surface area contributed by atoms with Gasteiger partial charge in [-0.25, -0.2) is 0 Å². The summed E-state index contributed by atoms with van der Waals surface area (Å²) < 4.78 is 0. The molecular formula is C16H22ClN3. The SMILES string of the molecule is CC(C)CN1CCN(Cc2ccc(C#N)cc2Cl)CC1. The van der Waals surface area contributed by atoms with Gasteiger partial charge >= 0.3 is 0 Å².